The molecule has 0 saturated carbocycles. The molecule has 0 unspecified atom stereocenters. The lowest BCUT2D eigenvalue weighted by molar-refractivity contribution is -0.140. The lowest BCUT2D eigenvalue weighted by Gasteiger charge is -2.19. The van der Waals surface area contributed by atoms with Crippen LogP contribution in [0.3, 0.4) is 0 Å². The molecule has 0 aliphatic rings. The van der Waals surface area contributed by atoms with Crippen molar-refractivity contribution in [2.45, 2.75) is 11.8 Å². The Hall–Kier alpha value is -1.67. The van der Waals surface area contributed by atoms with Gasteiger partial charge in [0.2, 0.25) is 10.0 Å². The van der Waals surface area contributed by atoms with Crippen molar-refractivity contribution in [3.8, 4) is 0 Å². The maximum atomic E-state index is 13.6. The standard InChI is InChI=1S/C11H15FN2O4S/c1-3-14(7-11(15)18-2)19(16,17)10-6-8(13)4-5-9(10)12/h4-6H,3,7,13H2,1-2H3. The average Bonchev–Trinajstić information content (AvgIpc) is 2.37. The van der Waals surface area contributed by atoms with Crippen LogP contribution in [0.15, 0.2) is 23.1 Å². The van der Waals surface area contributed by atoms with Crippen LogP contribution in [-0.2, 0) is 19.6 Å². The second kappa shape index (κ2) is 5.98. The third kappa shape index (κ3) is 3.42. The number of ether oxygens (including phenoxy) is 1. The lowest BCUT2D eigenvalue weighted by atomic mass is 10.3. The second-order valence-electron chi connectivity index (χ2n) is 3.70. The zero-order valence-electron chi connectivity index (χ0n) is 10.6. The highest BCUT2D eigenvalue weighted by atomic mass is 32.2. The summed E-state index contributed by atoms with van der Waals surface area (Å²) in [6.45, 7) is 1.06. The number of carbonyl (C=O) groups is 1. The Morgan fingerprint density at radius 1 is 1.47 bits per heavy atom. The smallest absolute Gasteiger partial charge is 0.321 e. The fourth-order valence-corrected chi connectivity index (χ4v) is 2.92. The molecule has 0 heterocycles. The van der Waals surface area contributed by atoms with E-state index in [0.29, 0.717) is 0 Å². The summed E-state index contributed by atoms with van der Waals surface area (Å²) < 4.78 is 43.2. The maximum absolute atomic E-state index is 13.6. The Labute approximate surface area is 111 Å². The van der Waals surface area contributed by atoms with Crippen LogP contribution < -0.4 is 5.73 Å². The summed E-state index contributed by atoms with van der Waals surface area (Å²) in [5.41, 5.74) is 5.57. The number of anilines is 1. The van der Waals surface area contributed by atoms with Gasteiger partial charge in [-0.3, -0.25) is 4.79 Å². The molecule has 6 nitrogen and oxygen atoms in total. The molecule has 0 aliphatic carbocycles. The summed E-state index contributed by atoms with van der Waals surface area (Å²) in [4.78, 5) is 10.6. The van der Waals surface area contributed by atoms with Gasteiger partial charge in [0.1, 0.15) is 17.3 Å². The Morgan fingerprint density at radius 3 is 2.63 bits per heavy atom. The first-order valence-electron chi connectivity index (χ1n) is 5.45. The Kier molecular flexibility index (Phi) is 4.84. The van der Waals surface area contributed by atoms with Gasteiger partial charge >= 0.3 is 5.97 Å². The van der Waals surface area contributed by atoms with Crippen molar-refractivity contribution in [1.82, 2.24) is 4.31 Å². The Balaban J connectivity index is 3.20. The molecule has 8 heteroatoms. The number of nitrogens with two attached hydrogens (primary N) is 1. The van der Waals surface area contributed by atoms with Crippen LogP contribution in [0.5, 0.6) is 0 Å². The molecule has 2 N–H and O–H groups in total. The highest BCUT2D eigenvalue weighted by molar-refractivity contribution is 7.89. The summed E-state index contributed by atoms with van der Waals surface area (Å²) in [6.07, 6.45) is 0. The van der Waals surface area contributed by atoms with E-state index >= 15 is 0 Å². The van der Waals surface area contributed by atoms with Gasteiger partial charge in [0.15, 0.2) is 0 Å². The second-order valence-corrected chi connectivity index (χ2v) is 5.60. The molecule has 0 radical (unpaired) electrons. The summed E-state index contributed by atoms with van der Waals surface area (Å²) in [5.74, 6) is -1.65. The van der Waals surface area contributed by atoms with E-state index in [1.807, 2.05) is 0 Å². The van der Waals surface area contributed by atoms with E-state index in [4.69, 9.17) is 5.73 Å². The number of nitrogen functional groups attached to an aromatic ring is 1. The maximum Gasteiger partial charge on any atom is 0.321 e. The van der Waals surface area contributed by atoms with Crippen molar-refractivity contribution in [3.05, 3.63) is 24.0 Å². The molecule has 106 valence electrons. The first kappa shape index (κ1) is 15.4. The van der Waals surface area contributed by atoms with Gasteiger partial charge in [0, 0.05) is 12.2 Å². The van der Waals surface area contributed by atoms with Crippen LogP contribution in [0.4, 0.5) is 10.1 Å². The van der Waals surface area contributed by atoms with Gasteiger partial charge in [-0.05, 0) is 18.2 Å². The number of halogens is 1. The minimum Gasteiger partial charge on any atom is -0.468 e. The van der Waals surface area contributed by atoms with Crippen molar-refractivity contribution >= 4 is 21.7 Å². The summed E-state index contributed by atoms with van der Waals surface area (Å²) in [5, 5.41) is 0. The van der Waals surface area contributed by atoms with Gasteiger partial charge in [0.05, 0.1) is 7.11 Å². The molecular weight excluding hydrogens is 275 g/mol. The number of carbonyl (C=O) groups excluding carboxylic acids is 1. The lowest BCUT2D eigenvalue weighted by Crippen LogP contribution is -2.36. The molecule has 0 fully saturated rings. The molecule has 0 saturated heterocycles. The monoisotopic (exact) mass is 290 g/mol. The highest BCUT2D eigenvalue weighted by Gasteiger charge is 2.28. The molecule has 19 heavy (non-hydrogen) atoms. The van der Waals surface area contributed by atoms with Gasteiger partial charge in [0.25, 0.3) is 0 Å². The number of benzene rings is 1. The number of methoxy groups -OCH3 is 1. The van der Waals surface area contributed by atoms with Crippen molar-refractivity contribution < 1.29 is 22.3 Å². The molecule has 0 atom stereocenters. The van der Waals surface area contributed by atoms with Crippen molar-refractivity contribution in [3.63, 3.8) is 0 Å². The number of esters is 1. The van der Waals surface area contributed by atoms with Gasteiger partial charge in [-0.25, -0.2) is 12.8 Å². The molecule has 0 aromatic heterocycles. The van der Waals surface area contributed by atoms with Crippen LogP contribution in [0.25, 0.3) is 0 Å². The summed E-state index contributed by atoms with van der Waals surface area (Å²) >= 11 is 0. The van der Waals surface area contributed by atoms with Crippen LogP contribution in [-0.4, -0.2) is 38.9 Å². The normalized spacial score (nSPS) is 11.6. The van der Waals surface area contributed by atoms with E-state index in [0.717, 1.165) is 23.5 Å². The van der Waals surface area contributed by atoms with E-state index < -0.39 is 33.3 Å². The molecule has 0 spiro atoms. The third-order valence-electron chi connectivity index (χ3n) is 2.46. The third-order valence-corrected chi connectivity index (χ3v) is 4.39. The van der Waals surface area contributed by atoms with Crippen molar-refractivity contribution in [2.24, 2.45) is 0 Å². The SMILES string of the molecule is CCN(CC(=O)OC)S(=O)(=O)c1cc(N)ccc1F. The highest BCUT2D eigenvalue weighted by Crippen LogP contribution is 2.21. The molecule has 1 aromatic carbocycles. The largest absolute Gasteiger partial charge is 0.468 e. The van der Waals surface area contributed by atoms with Crippen LogP contribution >= 0.6 is 0 Å². The van der Waals surface area contributed by atoms with Gasteiger partial charge in [-0.15, -0.1) is 0 Å². The minimum atomic E-state index is -4.13. The molecule has 1 rings (SSSR count). The minimum absolute atomic E-state index is 0.00563. The number of hydrogen-bond donors (Lipinski definition) is 1. The van der Waals surface area contributed by atoms with E-state index in [2.05, 4.69) is 4.74 Å². The van der Waals surface area contributed by atoms with Crippen molar-refractivity contribution in [1.29, 1.82) is 0 Å². The fourth-order valence-electron chi connectivity index (χ4n) is 1.43. The molecule has 0 aliphatic heterocycles. The van der Waals surface area contributed by atoms with Gasteiger partial charge in [-0.1, -0.05) is 6.92 Å². The molecule has 0 amide bonds. The van der Waals surface area contributed by atoms with E-state index in [9.17, 15) is 17.6 Å². The Bertz CT molecular complexity index is 574. The molecular formula is C11H15FN2O4S. The number of likely N-dealkylation sites (N-methyl/N-ethyl adjacent to an activating group) is 1. The van der Waals surface area contributed by atoms with Gasteiger partial charge < -0.3 is 10.5 Å². The summed E-state index contributed by atoms with van der Waals surface area (Å²) in [7, 11) is -2.99. The first-order chi connectivity index (χ1) is 8.82. The predicted octanol–water partition coefficient (Wildman–Crippen LogP) is 0.592. The number of nitrogens with zero attached hydrogens (tertiary/aromatic N) is 1. The van der Waals surface area contributed by atoms with Crippen LogP contribution in [0.1, 0.15) is 6.92 Å². The Morgan fingerprint density at radius 2 is 2.11 bits per heavy atom. The van der Waals surface area contributed by atoms with Gasteiger partial charge in [-0.2, -0.15) is 4.31 Å². The predicted molar refractivity (Wildman–Crippen MR) is 67.3 cm³/mol. The number of hydrogen-bond acceptors (Lipinski definition) is 5. The van der Waals surface area contributed by atoms with E-state index in [-0.39, 0.29) is 12.2 Å². The average molecular weight is 290 g/mol. The zero-order chi connectivity index (χ0) is 14.6. The van der Waals surface area contributed by atoms with E-state index in [1.165, 1.54) is 13.0 Å². The number of sulfonamides is 1. The fraction of sp³-hybridized carbons (Fsp3) is 0.364. The quantitative estimate of drug-likeness (QED) is 0.633. The van der Waals surface area contributed by atoms with Crippen LogP contribution in [0.2, 0.25) is 0 Å². The number of rotatable bonds is 5. The van der Waals surface area contributed by atoms with Crippen molar-refractivity contribution in [2.75, 3.05) is 25.9 Å². The molecule has 1 aromatic rings. The van der Waals surface area contributed by atoms with E-state index in [1.54, 1.807) is 0 Å². The zero-order valence-corrected chi connectivity index (χ0v) is 11.4. The molecule has 0 bridgehead atoms. The topological polar surface area (TPSA) is 89.7 Å². The first-order valence-corrected chi connectivity index (χ1v) is 6.89. The van der Waals surface area contributed by atoms with Crippen LogP contribution in [0, 0.1) is 5.82 Å². The summed E-state index contributed by atoms with van der Waals surface area (Å²) in [6, 6.07) is 3.24.